The van der Waals surface area contributed by atoms with Crippen molar-refractivity contribution in [3.8, 4) is 0 Å². The summed E-state index contributed by atoms with van der Waals surface area (Å²) < 4.78 is 0. The molecular weight excluding hydrogens is 191 g/mol. The van der Waals surface area contributed by atoms with Crippen LogP contribution in [0.25, 0.3) is 0 Å². The Hall–Kier alpha value is 0.580. The fourth-order valence-corrected chi connectivity index (χ4v) is 1.97. The van der Waals surface area contributed by atoms with Crippen LogP contribution in [-0.2, 0) is 0 Å². The molecule has 2 heteroatoms. The zero-order valence-electron chi connectivity index (χ0n) is 8.43. The van der Waals surface area contributed by atoms with Crippen LogP contribution in [0.4, 0.5) is 0 Å². The lowest BCUT2D eigenvalue weighted by Crippen LogP contribution is -2.22. The number of halogens is 2. The van der Waals surface area contributed by atoms with E-state index in [4.69, 9.17) is 0 Å². The number of hydrogen-bond acceptors (Lipinski definition) is 0. The molecule has 1 aliphatic rings. The van der Waals surface area contributed by atoms with Crippen LogP contribution in [-0.4, -0.2) is 0 Å². The highest BCUT2D eigenvalue weighted by Gasteiger charge is 2.25. The molecular formula is C10H22Cl2. The molecule has 0 aliphatic heterocycles. The summed E-state index contributed by atoms with van der Waals surface area (Å²) in [7, 11) is 0. The van der Waals surface area contributed by atoms with Crippen molar-refractivity contribution in [3.63, 3.8) is 0 Å². The molecule has 0 unspecified atom stereocenters. The highest BCUT2D eigenvalue weighted by atomic mass is 35.5. The molecule has 0 aromatic carbocycles. The van der Waals surface area contributed by atoms with Gasteiger partial charge in [0.05, 0.1) is 0 Å². The summed E-state index contributed by atoms with van der Waals surface area (Å²) in [6.07, 6.45) is 7.38. The first-order valence-electron chi connectivity index (χ1n) is 4.61. The molecule has 0 saturated heterocycles. The molecule has 0 atom stereocenters. The third-order valence-corrected chi connectivity index (χ3v) is 2.83. The van der Waals surface area contributed by atoms with Gasteiger partial charge in [-0.05, 0) is 24.2 Å². The van der Waals surface area contributed by atoms with Gasteiger partial charge < -0.3 is 0 Å². The largest absolute Gasteiger partial charge is 0.147 e. The third kappa shape index (κ3) is 4.57. The van der Waals surface area contributed by atoms with Crippen molar-refractivity contribution in [2.75, 3.05) is 0 Å². The van der Waals surface area contributed by atoms with Gasteiger partial charge in [-0.3, -0.25) is 0 Å². The summed E-state index contributed by atoms with van der Waals surface area (Å²) in [5.74, 6) is 1.00. The van der Waals surface area contributed by atoms with Gasteiger partial charge in [0.15, 0.2) is 0 Å². The summed E-state index contributed by atoms with van der Waals surface area (Å²) in [5, 5.41) is 0. The average molecular weight is 213 g/mol. The van der Waals surface area contributed by atoms with Gasteiger partial charge in [0.25, 0.3) is 0 Å². The molecule has 0 nitrogen and oxygen atoms in total. The molecule has 1 aliphatic carbocycles. The normalized spacial score (nSPS) is 19.2. The molecule has 1 fully saturated rings. The van der Waals surface area contributed by atoms with Gasteiger partial charge in [0, 0.05) is 0 Å². The van der Waals surface area contributed by atoms with Crippen LogP contribution in [0.3, 0.4) is 0 Å². The van der Waals surface area contributed by atoms with E-state index in [1.165, 1.54) is 32.1 Å². The average Bonchev–Trinajstić information content (AvgIpc) is 1.88. The Morgan fingerprint density at radius 2 is 1.25 bits per heavy atom. The molecule has 0 aromatic heterocycles. The maximum Gasteiger partial charge on any atom is -0.0354 e. The van der Waals surface area contributed by atoms with Gasteiger partial charge in [-0.1, -0.05) is 40.0 Å². The Morgan fingerprint density at radius 1 is 0.833 bits per heavy atom. The summed E-state index contributed by atoms with van der Waals surface area (Å²) >= 11 is 0. The number of rotatable bonds is 0. The Bertz CT molecular complexity index is 98.9. The van der Waals surface area contributed by atoms with Gasteiger partial charge >= 0.3 is 0 Å². The van der Waals surface area contributed by atoms with E-state index < -0.39 is 0 Å². The van der Waals surface area contributed by atoms with Crippen molar-refractivity contribution in [3.05, 3.63) is 0 Å². The number of hydrogen-bond donors (Lipinski definition) is 0. The van der Waals surface area contributed by atoms with E-state index >= 15 is 0 Å². The quantitative estimate of drug-likeness (QED) is 0.557. The SMILES string of the molecule is CC(C)(C)C1CCCCC1.Cl.Cl. The first kappa shape index (κ1) is 15.1. The second-order valence-corrected chi connectivity index (χ2v) is 4.70. The minimum atomic E-state index is 0. The van der Waals surface area contributed by atoms with Crippen molar-refractivity contribution >= 4 is 24.8 Å². The van der Waals surface area contributed by atoms with Crippen molar-refractivity contribution < 1.29 is 0 Å². The minimum absolute atomic E-state index is 0. The van der Waals surface area contributed by atoms with Gasteiger partial charge in [0.1, 0.15) is 0 Å². The lowest BCUT2D eigenvalue weighted by atomic mass is 9.72. The highest BCUT2D eigenvalue weighted by Crippen LogP contribution is 2.37. The van der Waals surface area contributed by atoms with Crippen LogP contribution in [0.5, 0.6) is 0 Å². The second-order valence-electron chi connectivity index (χ2n) is 4.70. The maximum atomic E-state index is 2.38. The molecule has 0 N–H and O–H groups in total. The second kappa shape index (κ2) is 6.10. The standard InChI is InChI=1S/C10H20.2ClH/c1-10(2,3)9-7-5-4-6-8-9;;/h9H,4-8H2,1-3H3;2*1H. The van der Waals surface area contributed by atoms with E-state index in [9.17, 15) is 0 Å². The van der Waals surface area contributed by atoms with Crippen molar-refractivity contribution in [1.82, 2.24) is 0 Å². The molecule has 76 valence electrons. The maximum absolute atomic E-state index is 2.38. The zero-order chi connectivity index (χ0) is 7.61. The minimum Gasteiger partial charge on any atom is -0.147 e. The van der Waals surface area contributed by atoms with Crippen LogP contribution in [0.15, 0.2) is 0 Å². The first-order chi connectivity index (χ1) is 4.61. The predicted octanol–water partition coefficient (Wildman–Crippen LogP) is 4.46. The van der Waals surface area contributed by atoms with E-state index in [0.29, 0.717) is 5.41 Å². The van der Waals surface area contributed by atoms with E-state index in [1.807, 2.05) is 0 Å². The summed E-state index contributed by atoms with van der Waals surface area (Å²) in [6.45, 7) is 7.13. The summed E-state index contributed by atoms with van der Waals surface area (Å²) in [6, 6.07) is 0. The van der Waals surface area contributed by atoms with E-state index in [-0.39, 0.29) is 24.8 Å². The lowest BCUT2D eigenvalue weighted by Gasteiger charge is -2.33. The van der Waals surface area contributed by atoms with Crippen LogP contribution >= 0.6 is 24.8 Å². The van der Waals surface area contributed by atoms with Gasteiger partial charge in [-0.2, -0.15) is 0 Å². The lowest BCUT2D eigenvalue weighted by molar-refractivity contribution is 0.180. The first-order valence-corrected chi connectivity index (χ1v) is 4.61. The van der Waals surface area contributed by atoms with Crippen LogP contribution in [0.1, 0.15) is 52.9 Å². The molecule has 1 rings (SSSR count). The Kier molecular flexibility index (Phi) is 7.66. The molecule has 0 spiro atoms. The molecule has 1 saturated carbocycles. The monoisotopic (exact) mass is 212 g/mol. The zero-order valence-corrected chi connectivity index (χ0v) is 10.1. The van der Waals surface area contributed by atoms with Gasteiger partial charge in [0.2, 0.25) is 0 Å². The highest BCUT2D eigenvalue weighted by molar-refractivity contribution is 5.85. The molecule has 0 bridgehead atoms. The fraction of sp³-hybridized carbons (Fsp3) is 1.00. The van der Waals surface area contributed by atoms with Crippen LogP contribution in [0, 0.1) is 11.3 Å². The molecule has 0 radical (unpaired) electrons. The predicted molar refractivity (Wildman–Crippen MR) is 60.5 cm³/mol. The topological polar surface area (TPSA) is 0 Å². The van der Waals surface area contributed by atoms with Crippen molar-refractivity contribution in [2.45, 2.75) is 52.9 Å². The Morgan fingerprint density at radius 3 is 1.50 bits per heavy atom. The smallest absolute Gasteiger partial charge is 0.0354 e. The van der Waals surface area contributed by atoms with E-state index in [0.717, 1.165) is 5.92 Å². The van der Waals surface area contributed by atoms with Crippen molar-refractivity contribution in [2.24, 2.45) is 11.3 Å². The van der Waals surface area contributed by atoms with E-state index in [2.05, 4.69) is 20.8 Å². The van der Waals surface area contributed by atoms with Crippen LogP contribution in [0.2, 0.25) is 0 Å². The molecule has 0 heterocycles. The third-order valence-electron chi connectivity index (χ3n) is 2.83. The Labute approximate surface area is 89.3 Å². The Balaban J connectivity index is 0. The van der Waals surface area contributed by atoms with Gasteiger partial charge in [-0.15, -0.1) is 24.8 Å². The molecule has 12 heavy (non-hydrogen) atoms. The van der Waals surface area contributed by atoms with Gasteiger partial charge in [-0.25, -0.2) is 0 Å². The summed E-state index contributed by atoms with van der Waals surface area (Å²) in [4.78, 5) is 0. The summed E-state index contributed by atoms with van der Waals surface area (Å²) in [5.41, 5.74) is 0.570. The van der Waals surface area contributed by atoms with Crippen LogP contribution < -0.4 is 0 Å². The van der Waals surface area contributed by atoms with Crippen molar-refractivity contribution in [1.29, 1.82) is 0 Å². The van der Waals surface area contributed by atoms with E-state index in [1.54, 1.807) is 0 Å². The molecule has 0 amide bonds. The fourth-order valence-electron chi connectivity index (χ4n) is 1.97. The molecule has 0 aromatic rings.